The number of ether oxygens (including phenoxy) is 5. The summed E-state index contributed by atoms with van der Waals surface area (Å²) in [6.07, 6.45) is -3.12. The number of aromatic hydroxyl groups is 1. The molecule has 344 valence electrons. The number of rotatable bonds is 10. The minimum absolute atomic E-state index is 0.0771. The fourth-order valence-corrected chi connectivity index (χ4v) is 5.54. The highest BCUT2D eigenvalue weighted by atomic mass is 79.9. The molecule has 0 spiro atoms. The molecule has 3 N–H and O–H groups in total. The molecule has 0 radical (unpaired) electrons. The molecule has 0 bridgehead atoms. The van der Waals surface area contributed by atoms with Gasteiger partial charge in [-0.25, -0.2) is 23.1 Å². The lowest BCUT2D eigenvalue weighted by Crippen LogP contribution is -2.17. The molecule has 0 aliphatic heterocycles. The zero-order chi connectivity index (χ0) is 48.2. The summed E-state index contributed by atoms with van der Waals surface area (Å²) >= 11 is 6.34. The van der Waals surface area contributed by atoms with Gasteiger partial charge in [-0.3, -0.25) is 19.6 Å². The van der Waals surface area contributed by atoms with E-state index in [9.17, 15) is 49.1 Å². The molecule has 0 fully saturated rings. The van der Waals surface area contributed by atoms with Crippen molar-refractivity contribution in [3.63, 3.8) is 0 Å². The van der Waals surface area contributed by atoms with E-state index in [1.165, 1.54) is 32.7 Å². The van der Waals surface area contributed by atoms with Gasteiger partial charge in [0, 0.05) is 35.9 Å². The van der Waals surface area contributed by atoms with Crippen LogP contribution in [-0.4, -0.2) is 63.8 Å². The van der Waals surface area contributed by atoms with E-state index in [-0.39, 0.29) is 28.7 Å². The first kappa shape index (κ1) is 50.8. The quantitative estimate of drug-likeness (QED) is 0.0876. The van der Waals surface area contributed by atoms with Gasteiger partial charge in [0.2, 0.25) is 0 Å². The summed E-state index contributed by atoms with van der Waals surface area (Å²) in [5, 5.41) is 14.1. The van der Waals surface area contributed by atoms with Crippen LogP contribution in [0.15, 0.2) is 94.9 Å². The fraction of sp³-hybridized carbons (Fsp3) is 0.150. The van der Waals surface area contributed by atoms with E-state index >= 15 is 0 Å². The predicted octanol–water partition coefficient (Wildman–Crippen LogP) is 11.0. The number of nitrogens with zero attached hydrogens (tertiary/aromatic N) is 4. The maximum atomic E-state index is 14.5. The van der Waals surface area contributed by atoms with Gasteiger partial charge in [0.05, 0.1) is 39.0 Å². The van der Waals surface area contributed by atoms with Crippen molar-refractivity contribution in [2.75, 3.05) is 24.9 Å². The van der Waals surface area contributed by atoms with E-state index in [2.05, 4.69) is 76.6 Å². The van der Waals surface area contributed by atoms with Crippen LogP contribution in [0.2, 0.25) is 0 Å². The molecule has 6 rings (SSSR count). The second kappa shape index (κ2) is 22.1. The van der Waals surface area contributed by atoms with Crippen LogP contribution in [0.3, 0.4) is 0 Å². The molecule has 2 amide bonds. The van der Waals surface area contributed by atoms with Crippen molar-refractivity contribution < 1.29 is 77.9 Å². The standard InChI is InChI=1S/C20H14BrF4N3O4.C12H8BrF2N3O.C8H7F3O3/c1-10-7-27-17(21)6-13(10)28-19(29)18-12(22)8-26-9-16(18)31-14-4-3-11(5-15(14)30-2)32-20(23,24)25;1-6-3-17-10(13)2-9(6)18-12(19)11-7(14)4-16-5-8(11)15;1-13-7-4-5(2-3-6(7)12)14-8(9,10)11/h3-9H,1-2H3,(H,27,28,29);2-5H,1H3,(H,17,18,19);2-4,12H,1H3. The number of methoxy groups -OCH3 is 2. The molecule has 25 heteroatoms. The summed E-state index contributed by atoms with van der Waals surface area (Å²) in [6.45, 7) is 3.42. The number of amides is 2. The minimum atomic E-state index is -4.90. The number of phenolic OH excluding ortho intramolecular Hbond substituents is 1. The second-order valence-electron chi connectivity index (χ2n) is 12.4. The summed E-state index contributed by atoms with van der Waals surface area (Å²) in [5.74, 6) is -6.53. The fourth-order valence-electron chi connectivity index (χ4n) is 4.88. The summed E-state index contributed by atoms with van der Waals surface area (Å²) in [6, 6.07) is 9.12. The van der Waals surface area contributed by atoms with Crippen molar-refractivity contribution in [2.45, 2.75) is 26.6 Å². The third kappa shape index (κ3) is 15.1. The van der Waals surface area contributed by atoms with Crippen molar-refractivity contribution in [1.29, 1.82) is 0 Å². The highest BCUT2D eigenvalue weighted by Gasteiger charge is 2.32. The molecule has 0 aliphatic rings. The van der Waals surface area contributed by atoms with Gasteiger partial charge in [-0.1, -0.05) is 0 Å². The number of carbonyl (C=O) groups is 2. The number of hydrogen-bond acceptors (Lipinski definition) is 12. The van der Waals surface area contributed by atoms with Crippen LogP contribution in [0.25, 0.3) is 0 Å². The first-order chi connectivity index (χ1) is 30.5. The Morgan fingerprint density at radius 2 is 1.02 bits per heavy atom. The van der Waals surface area contributed by atoms with Crippen molar-refractivity contribution in [1.82, 2.24) is 19.9 Å². The number of hydrogen-bond donors (Lipinski definition) is 3. The van der Waals surface area contributed by atoms with Gasteiger partial charge in [0.25, 0.3) is 11.8 Å². The average molecular weight is 1050 g/mol. The molecule has 0 saturated carbocycles. The SMILES string of the molecule is COc1cc(OC(F)(F)F)ccc1O.COc1cc(OC(F)(F)F)ccc1Oc1cncc(F)c1C(=O)Nc1cc(Br)ncc1C.Cc1cnc(Br)cc1NC(=O)c1c(F)cncc1F. The van der Waals surface area contributed by atoms with Crippen LogP contribution in [0, 0.1) is 31.3 Å². The molecule has 4 aromatic heterocycles. The Morgan fingerprint density at radius 1 is 0.585 bits per heavy atom. The Hall–Kier alpha value is -6.89. The van der Waals surface area contributed by atoms with Crippen LogP contribution >= 0.6 is 31.9 Å². The maximum absolute atomic E-state index is 14.5. The number of carbonyl (C=O) groups excluding carboxylic acids is 2. The molecule has 6 aromatic rings. The van der Waals surface area contributed by atoms with Crippen LogP contribution in [-0.2, 0) is 0 Å². The number of benzene rings is 2. The maximum Gasteiger partial charge on any atom is 0.573 e. The lowest BCUT2D eigenvalue weighted by molar-refractivity contribution is -0.275. The molecular formula is C40H29Br2F9N6O8. The summed E-state index contributed by atoms with van der Waals surface area (Å²) in [4.78, 5) is 39.6. The average Bonchev–Trinajstić information content (AvgIpc) is 3.21. The minimum Gasteiger partial charge on any atom is -0.504 e. The Labute approximate surface area is 378 Å². The van der Waals surface area contributed by atoms with Gasteiger partial charge >= 0.3 is 12.7 Å². The molecule has 0 aliphatic carbocycles. The highest BCUT2D eigenvalue weighted by Crippen LogP contribution is 2.38. The Bertz CT molecular complexity index is 2640. The summed E-state index contributed by atoms with van der Waals surface area (Å²) in [5.41, 5.74) is 0.965. The molecule has 0 atom stereocenters. The highest BCUT2D eigenvalue weighted by molar-refractivity contribution is 9.10. The molecule has 0 saturated heterocycles. The zero-order valence-corrected chi connectivity index (χ0v) is 36.5. The van der Waals surface area contributed by atoms with Crippen molar-refractivity contribution in [3.05, 3.63) is 135 Å². The molecule has 65 heavy (non-hydrogen) atoms. The van der Waals surface area contributed by atoms with Crippen LogP contribution < -0.4 is 34.3 Å². The molecule has 0 unspecified atom stereocenters. The number of aromatic nitrogens is 4. The number of aryl methyl sites for hydroxylation is 2. The van der Waals surface area contributed by atoms with E-state index < -0.39 is 64.6 Å². The number of phenols is 1. The van der Waals surface area contributed by atoms with E-state index in [1.54, 1.807) is 19.9 Å². The first-order valence-electron chi connectivity index (χ1n) is 17.5. The zero-order valence-electron chi connectivity index (χ0n) is 33.3. The van der Waals surface area contributed by atoms with E-state index in [1.807, 2.05) is 0 Å². The Balaban J connectivity index is 0.000000237. The molecule has 14 nitrogen and oxygen atoms in total. The van der Waals surface area contributed by atoms with Gasteiger partial charge in [0.15, 0.2) is 46.2 Å². The topological polar surface area (TPSA) is 176 Å². The first-order valence-corrected chi connectivity index (χ1v) is 19.1. The molecule has 4 heterocycles. The van der Waals surface area contributed by atoms with E-state index in [0.717, 1.165) is 61.2 Å². The summed E-state index contributed by atoms with van der Waals surface area (Å²) < 4.78 is 138. The second-order valence-corrected chi connectivity index (χ2v) is 14.0. The summed E-state index contributed by atoms with van der Waals surface area (Å²) in [7, 11) is 2.42. The Morgan fingerprint density at radius 3 is 1.49 bits per heavy atom. The number of pyridine rings is 4. The van der Waals surface area contributed by atoms with Crippen LogP contribution in [0.1, 0.15) is 31.8 Å². The van der Waals surface area contributed by atoms with Crippen molar-refractivity contribution in [2.24, 2.45) is 0 Å². The molecular weight excluding hydrogens is 1020 g/mol. The smallest absolute Gasteiger partial charge is 0.504 e. The monoisotopic (exact) mass is 1050 g/mol. The normalized spacial score (nSPS) is 10.9. The Kier molecular flexibility index (Phi) is 17.3. The van der Waals surface area contributed by atoms with Crippen molar-refractivity contribution >= 4 is 55.0 Å². The number of anilines is 2. The predicted molar refractivity (Wildman–Crippen MR) is 219 cm³/mol. The van der Waals surface area contributed by atoms with Crippen molar-refractivity contribution in [3.8, 4) is 40.2 Å². The largest absolute Gasteiger partial charge is 0.573 e. The third-order valence-corrected chi connectivity index (χ3v) is 8.65. The number of nitrogens with one attached hydrogen (secondary N) is 2. The van der Waals surface area contributed by atoms with E-state index in [4.69, 9.17) is 14.6 Å². The van der Waals surface area contributed by atoms with E-state index in [0.29, 0.717) is 31.7 Å². The van der Waals surface area contributed by atoms with Crippen LogP contribution in [0.5, 0.6) is 40.2 Å². The number of alkyl halides is 6. The van der Waals surface area contributed by atoms with Gasteiger partial charge in [0.1, 0.15) is 31.8 Å². The van der Waals surface area contributed by atoms with Gasteiger partial charge in [-0.2, -0.15) is 0 Å². The lowest BCUT2D eigenvalue weighted by atomic mass is 10.2. The van der Waals surface area contributed by atoms with Gasteiger partial charge < -0.3 is 39.4 Å². The number of halogens is 11. The molecule has 2 aromatic carbocycles. The van der Waals surface area contributed by atoms with Gasteiger partial charge in [-0.05, 0) is 93.2 Å². The third-order valence-electron chi connectivity index (χ3n) is 7.78. The van der Waals surface area contributed by atoms with Gasteiger partial charge in [-0.15, -0.1) is 26.3 Å². The van der Waals surface area contributed by atoms with Crippen LogP contribution in [0.4, 0.5) is 50.9 Å². The lowest BCUT2D eigenvalue weighted by Gasteiger charge is -2.16.